The first-order valence-corrected chi connectivity index (χ1v) is 9.00. The number of hydrogen-bond donors (Lipinski definition) is 1. The van der Waals surface area contributed by atoms with Gasteiger partial charge in [0.05, 0.1) is 9.82 Å². The number of sulfonamides is 1. The van der Waals surface area contributed by atoms with Crippen LogP contribution in [0, 0.1) is 28.8 Å². The van der Waals surface area contributed by atoms with Gasteiger partial charge in [0.2, 0.25) is 15.8 Å². The molecule has 1 N–H and O–H groups in total. The number of aryl methyl sites for hydroxylation is 1. The fourth-order valence-corrected chi connectivity index (χ4v) is 3.64. The zero-order valence-electron chi connectivity index (χ0n) is 11.9. The minimum Gasteiger partial charge on any atom is -0.258 e. The Balaban J connectivity index is 3.06. The molecule has 0 spiro atoms. The minimum absolute atomic E-state index is 0.0817. The molecule has 0 aromatic heterocycles. The molecule has 0 saturated carbocycles. The Hall–Kier alpha value is -1.19. The molecule has 0 radical (unpaired) electrons. The average molecular weight is 336 g/mol. The molecule has 1 aromatic rings. The van der Waals surface area contributed by atoms with Gasteiger partial charge >= 0.3 is 5.69 Å². The molecule has 1 rings (SSSR count). The summed E-state index contributed by atoms with van der Waals surface area (Å²) in [5, 5.41) is 10.8. The lowest BCUT2D eigenvalue weighted by Crippen LogP contribution is -2.29. The lowest BCUT2D eigenvalue weighted by molar-refractivity contribution is -0.387. The van der Waals surface area contributed by atoms with E-state index in [1.165, 1.54) is 6.92 Å². The van der Waals surface area contributed by atoms with E-state index >= 15 is 0 Å². The standard InChI is InChI=1S/C12H17FN2O4S2/c1-8(7-20-3)6-14-21(18,19)10-4-9(2)12(13)11(5-10)15(16)17/h4-5,8,14H,6-7H2,1-3H3. The number of hydrogen-bond acceptors (Lipinski definition) is 5. The molecule has 0 amide bonds. The topological polar surface area (TPSA) is 89.3 Å². The number of benzene rings is 1. The van der Waals surface area contributed by atoms with Crippen LogP contribution >= 0.6 is 11.8 Å². The van der Waals surface area contributed by atoms with E-state index in [0.29, 0.717) is 0 Å². The van der Waals surface area contributed by atoms with E-state index in [0.717, 1.165) is 17.9 Å². The zero-order chi connectivity index (χ0) is 16.2. The number of nitrogens with zero attached hydrogens (tertiary/aromatic N) is 1. The van der Waals surface area contributed by atoms with E-state index in [-0.39, 0.29) is 22.9 Å². The lowest BCUT2D eigenvalue weighted by Gasteiger charge is -2.12. The second-order valence-electron chi connectivity index (χ2n) is 4.74. The molecule has 21 heavy (non-hydrogen) atoms. The van der Waals surface area contributed by atoms with Crippen molar-refractivity contribution in [1.82, 2.24) is 4.72 Å². The summed E-state index contributed by atoms with van der Waals surface area (Å²) in [7, 11) is -3.90. The van der Waals surface area contributed by atoms with Gasteiger partial charge < -0.3 is 0 Å². The van der Waals surface area contributed by atoms with Crippen molar-refractivity contribution in [3.8, 4) is 0 Å². The minimum atomic E-state index is -3.90. The van der Waals surface area contributed by atoms with E-state index in [1.54, 1.807) is 11.8 Å². The highest BCUT2D eigenvalue weighted by Gasteiger charge is 2.24. The van der Waals surface area contributed by atoms with Crippen molar-refractivity contribution < 1.29 is 17.7 Å². The Bertz CT molecular complexity index is 634. The summed E-state index contributed by atoms with van der Waals surface area (Å²) in [6.45, 7) is 3.39. The Morgan fingerprint density at radius 2 is 2.10 bits per heavy atom. The van der Waals surface area contributed by atoms with E-state index in [9.17, 15) is 22.9 Å². The molecule has 118 valence electrons. The molecule has 0 aliphatic heterocycles. The summed E-state index contributed by atoms with van der Waals surface area (Å²) in [4.78, 5) is 9.52. The lowest BCUT2D eigenvalue weighted by atomic mass is 10.2. The molecule has 6 nitrogen and oxygen atoms in total. The molecule has 0 aliphatic rings. The van der Waals surface area contributed by atoms with E-state index in [2.05, 4.69) is 4.72 Å². The Kier molecular flexibility index (Phi) is 6.11. The molecule has 9 heteroatoms. The van der Waals surface area contributed by atoms with Crippen molar-refractivity contribution >= 4 is 27.5 Å². The van der Waals surface area contributed by atoms with Gasteiger partial charge in [0.1, 0.15) is 0 Å². The van der Waals surface area contributed by atoms with Gasteiger partial charge in [0, 0.05) is 12.6 Å². The van der Waals surface area contributed by atoms with Crippen molar-refractivity contribution in [2.24, 2.45) is 5.92 Å². The predicted molar refractivity (Wildman–Crippen MR) is 80.5 cm³/mol. The summed E-state index contributed by atoms with van der Waals surface area (Å²) in [5.74, 6) is -0.119. The normalized spacial score (nSPS) is 13.1. The monoisotopic (exact) mass is 336 g/mol. The van der Waals surface area contributed by atoms with Gasteiger partial charge in [-0.05, 0) is 36.5 Å². The number of nitrogens with one attached hydrogen (secondary N) is 1. The van der Waals surface area contributed by atoms with Crippen LogP contribution < -0.4 is 4.72 Å². The van der Waals surface area contributed by atoms with Crippen LogP contribution in [-0.4, -0.2) is 31.9 Å². The molecule has 1 aromatic carbocycles. The summed E-state index contributed by atoms with van der Waals surface area (Å²) in [6.07, 6.45) is 1.91. The first kappa shape index (κ1) is 17.9. The number of nitro benzene ring substituents is 1. The second-order valence-corrected chi connectivity index (χ2v) is 7.42. The van der Waals surface area contributed by atoms with Gasteiger partial charge in [-0.2, -0.15) is 16.2 Å². The fraction of sp³-hybridized carbons (Fsp3) is 0.500. The van der Waals surface area contributed by atoms with Crippen molar-refractivity contribution in [1.29, 1.82) is 0 Å². The highest BCUT2D eigenvalue weighted by molar-refractivity contribution is 7.98. The third-order valence-corrected chi connectivity index (χ3v) is 5.09. The maximum absolute atomic E-state index is 13.6. The molecular weight excluding hydrogens is 319 g/mol. The molecule has 0 heterocycles. The molecular formula is C12H17FN2O4S2. The van der Waals surface area contributed by atoms with Gasteiger partial charge in [-0.3, -0.25) is 10.1 Å². The molecule has 0 saturated heterocycles. The predicted octanol–water partition coefficient (Wildman–Crippen LogP) is 2.32. The Labute approximate surface area is 127 Å². The van der Waals surface area contributed by atoms with Crippen molar-refractivity contribution in [3.63, 3.8) is 0 Å². The molecule has 0 fully saturated rings. The maximum Gasteiger partial charge on any atom is 0.306 e. The molecule has 1 atom stereocenters. The van der Waals surface area contributed by atoms with E-state index in [4.69, 9.17) is 0 Å². The van der Waals surface area contributed by atoms with Crippen LogP contribution in [0.5, 0.6) is 0 Å². The summed E-state index contributed by atoms with van der Waals surface area (Å²) < 4.78 is 40.2. The van der Waals surface area contributed by atoms with Crippen LogP contribution in [0.4, 0.5) is 10.1 Å². The zero-order valence-corrected chi connectivity index (χ0v) is 13.6. The highest BCUT2D eigenvalue weighted by atomic mass is 32.2. The van der Waals surface area contributed by atoms with Crippen LogP contribution in [0.15, 0.2) is 17.0 Å². The van der Waals surface area contributed by atoms with Crippen LogP contribution in [-0.2, 0) is 10.0 Å². The number of nitro groups is 1. The SMILES string of the molecule is CSCC(C)CNS(=O)(=O)c1cc(C)c(F)c([N+](=O)[O-])c1. The fourth-order valence-electron chi connectivity index (χ4n) is 1.69. The Morgan fingerprint density at radius 3 is 2.62 bits per heavy atom. The number of thioether (sulfide) groups is 1. The number of rotatable bonds is 7. The first-order valence-electron chi connectivity index (χ1n) is 6.12. The quantitative estimate of drug-likeness (QED) is 0.610. The van der Waals surface area contributed by atoms with Gasteiger partial charge in [0.25, 0.3) is 0 Å². The largest absolute Gasteiger partial charge is 0.306 e. The summed E-state index contributed by atoms with van der Waals surface area (Å²) >= 11 is 1.59. The van der Waals surface area contributed by atoms with Gasteiger partial charge in [0.15, 0.2) is 0 Å². The average Bonchev–Trinajstić information content (AvgIpc) is 2.39. The second kappa shape index (κ2) is 7.19. The van der Waals surface area contributed by atoms with Crippen LogP contribution in [0.2, 0.25) is 0 Å². The van der Waals surface area contributed by atoms with Crippen LogP contribution in [0.25, 0.3) is 0 Å². The van der Waals surface area contributed by atoms with Crippen molar-refractivity contribution in [2.45, 2.75) is 18.7 Å². The number of halogens is 1. The summed E-state index contributed by atoms with van der Waals surface area (Å²) in [6, 6.07) is 1.83. The van der Waals surface area contributed by atoms with Crippen molar-refractivity contribution in [3.05, 3.63) is 33.6 Å². The summed E-state index contributed by atoms with van der Waals surface area (Å²) in [5.41, 5.74) is -0.922. The molecule has 1 unspecified atom stereocenters. The van der Waals surface area contributed by atoms with Crippen molar-refractivity contribution in [2.75, 3.05) is 18.6 Å². The van der Waals surface area contributed by atoms with Gasteiger partial charge in [-0.15, -0.1) is 0 Å². The first-order chi connectivity index (χ1) is 9.69. The van der Waals surface area contributed by atoms with Crippen LogP contribution in [0.1, 0.15) is 12.5 Å². The van der Waals surface area contributed by atoms with E-state index < -0.39 is 26.5 Å². The third-order valence-electron chi connectivity index (χ3n) is 2.79. The molecule has 0 bridgehead atoms. The van der Waals surface area contributed by atoms with Gasteiger partial charge in [-0.1, -0.05) is 6.92 Å². The molecule has 0 aliphatic carbocycles. The Morgan fingerprint density at radius 1 is 1.48 bits per heavy atom. The van der Waals surface area contributed by atoms with Gasteiger partial charge in [-0.25, -0.2) is 13.1 Å². The maximum atomic E-state index is 13.6. The van der Waals surface area contributed by atoms with Crippen LogP contribution in [0.3, 0.4) is 0 Å². The third kappa shape index (κ3) is 4.65. The van der Waals surface area contributed by atoms with E-state index in [1.807, 2.05) is 13.2 Å². The smallest absolute Gasteiger partial charge is 0.258 e. The highest BCUT2D eigenvalue weighted by Crippen LogP contribution is 2.25.